The largest absolute Gasteiger partial charge is 0.478 e. The van der Waals surface area contributed by atoms with E-state index in [4.69, 9.17) is 0 Å². The third-order valence-corrected chi connectivity index (χ3v) is 4.10. The smallest absolute Gasteiger partial charge is 0.339 e. The topological polar surface area (TPSA) is 62.2 Å². The molecule has 0 radical (unpaired) electrons. The zero-order valence-corrected chi connectivity index (χ0v) is 11.9. The third-order valence-electron chi connectivity index (χ3n) is 2.91. The Hall–Kier alpha value is -1.88. The van der Waals surface area contributed by atoms with Gasteiger partial charge in [-0.2, -0.15) is 0 Å². The van der Waals surface area contributed by atoms with Gasteiger partial charge in [-0.3, -0.25) is 0 Å². The van der Waals surface area contributed by atoms with Crippen LogP contribution in [0, 0.1) is 13.8 Å². The first kappa shape index (κ1) is 13.5. The van der Waals surface area contributed by atoms with E-state index in [1.165, 1.54) is 4.88 Å². The minimum atomic E-state index is -0.956. The molecule has 2 aromatic heterocycles. The Kier molecular flexibility index (Phi) is 3.85. The van der Waals surface area contributed by atoms with Gasteiger partial charge in [0.25, 0.3) is 0 Å². The summed E-state index contributed by atoms with van der Waals surface area (Å²) in [7, 11) is 0. The summed E-state index contributed by atoms with van der Waals surface area (Å²) in [4.78, 5) is 17.8. The first-order valence-electron chi connectivity index (χ1n) is 6.01. The predicted molar refractivity (Wildman–Crippen MR) is 77.0 cm³/mol. The number of hydrogen-bond donors (Lipinski definition) is 2. The van der Waals surface area contributed by atoms with Crippen molar-refractivity contribution < 1.29 is 9.90 Å². The second-order valence-electron chi connectivity index (χ2n) is 4.47. The Labute approximate surface area is 116 Å². The second-order valence-corrected chi connectivity index (χ2v) is 5.79. The fraction of sp³-hybridized carbons (Fsp3) is 0.286. The lowest BCUT2D eigenvalue weighted by Crippen LogP contribution is -2.12. The molecule has 2 N–H and O–H groups in total. The van der Waals surface area contributed by atoms with Crippen molar-refractivity contribution in [3.63, 3.8) is 0 Å². The Morgan fingerprint density at radius 2 is 2.11 bits per heavy atom. The summed E-state index contributed by atoms with van der Waals surface area (Å²) in [6, 6.07) is 5.84. The molecule has 2 rings (SSSR count). The zero-order valence-electron chi connectivity index (χ0n) is 11.1. The van der Waals surface area contributed by atoms with Crippen molar-refractivity contribution in [3.8, 4) is 0 Å². The van der Waals surface area contributed by atoms with Crippen molar-refractivity contribution in [1.29, 1.82) is 0 Å². The molecule has 0 bridgehead atoms. The van der Waals surface area contributed by atoms with E-state index in [2.05, 4.69) is 23.3 Å². The van der Waals surface area contributed by atoms with Gasteiger partial charge in [-0.1, -0.05) is 0 Å². The van der Waals surface area contributed by atoms with Crippen LogP contribution in [0.1, 0.15) is 38.6 Å². The van der Waals surface area contributed by atoms with Crippen molar-refractivity contribution in [2.24, 2.45) is 0 Å². The number of pyridine rings is 1. The number of aromatic nitrogens is 1. The highest BCUT2D eigenvalue weighted by Gasteiger charge is 2.17. The average molecular weight is 276 g/mol. The molecule has 0 saturated carbocycles. The average Bonchev–Trinajstić information content (AvgIpc) is 2.75. The number of nitrogens with zero attached hydrogens (tertiary/aromatic N) is 1. The fourth-order valence-corrected chi connectivity index (χ4v) is 2.78. The van der Waals surface area contributed by atoms with Crippen LogP contribution >= 0.6 is 11.3 Å². The summed E-state index contributed by atoms with van der Waals surface area (Å²) in [5.41, 5.74) is 0.946. The quantitative estimate of drug-likeness (QED) is 0.895. The summed E-state index contributed by atoms with van der Waals surface area (Å²) in [5.74, 6) is -0.534. The number of carboxylic acid groups (broad SMARTS) is 1. The van der Waals surface area contributed by atoms with Gasteiger partial charge in [0.2, 0.25) is 0 Å². The van der Waals surface area contributed by atoms with Crippen LogP contribution in [0.15, 0.2) is 24.4 Å². The molecule has 1 unspecified atom stereocenters. The van der Waals surface area contributed by atoms with E-state index in [0.29, 0.717) is 11.4 Å². The van der Waals surface area contributed by atoms with Crippen LogP contribution < -0.4 is 5.32 Å². The van der Waals surface area contributed by atoms with E-state index in [9.17, 15) is 9.90 Å². The van der Waals surface area contributed by atoms with Crippen LogP contribution in [0.2, 0.25) is 0 Å². The first-order valence-corrected chi connectivity index (χ1v) is 6.82. The normalized spacial score (nSPS) is 12.2. The zero-order chi connectivity index (χ0) is 14.0. The van der Waals surface area contributed by atoms with Gasteiger partial charge in [-0.05, 0) is 44.5 Å². The summed E-state index contributed by atoms with van der Waals surface area (Å²) >= 11 is 1.70. The number of carbonyl (C=O) groups is 1. The maximum atomic E-state index is 11.3. The van der Waals surface area contributed by atoms with Gasteiger partial charge in [0.05, 0.1) is 6.04 Å². The van der Waals surface area contributed by atoms with E-state index in [1.54, 1.807) is 30.5 Å². The van der Waals surface area contributed by atoms with Crippen LogP contribution in [0.25, 0.3) is 0 Å². The number of carboxylic acids is 1. The molecule has 2 aromatic rings. The molecule has 0 amide bonds. The highest BCUT2D eigenvalue weighted by atomic mass is 32.1. The molecule has 100 valence electrons. The van der Waals surface area contributed by atoms with E-state index in [1.807, 2.05) is 13.0 Å². The molecule has 0 aromatic carbocycles. The summed E-state index contributed by atoms with van der Waals surface area (Å²) < 4.78 is 0. The Morgan fingerprint density at radius 1 is 1.37 bits per heavy atom. The second kappa shape index (κ2) is 5.40. The molecule has 5 heteroatoms. The molecule has 2 heterocycles. The molecule has 1 atom stereocenters. The van der Waals surface area contributed by atoms with Gasteiger partial charge in [0, 0.05) is 16.0 Å². The van der Waals surface area contributed by atoms with Crippen LogP contribution in [0.4, 0.5) is 5.82 Å². The predicted octanol–water partition coefficient (Wildman–Crippen LogP) is 3.63. The minimum absolute atomic E-state index is 0.0334. The summed E-state index contributed by atoms with van der Waals surface area (Å²) in [6.45, 7) is 5.83. The lowest BCUT2D eigenvalue weighted by molar-refractivity contribution is 0.0697. The van der Waals surface area contributed by atoms with Crippen molar-refractivity contribution in [2.45, 2.75) is 26.8 Å². The monoisotopic (exact) mass is 276 g/mol. The molecule has 0 fully saturated rings. The Balaban J connectivity index is 2.28. The van der Waals surface area contributed by atoms with Gasteiger partial charge < -0.3 is 10.4 Å². The summed E-state index contributed by atoms with van der Waals surface area (Å²) in [6.07, 6.45) is 1.62. The van der Waals surface area contributed by atoms with Crippen molar-refractivity contribution in [3.05, 3.63) is 45.3 Å². The number of aromatic carboxylic acids is 1. The van der Waals surface area contributed by atoms with Crippen LogP contribution in [-0.2, 0) is 0 Å². The highest BCUT2D eigenvalue weighted by Crippen LogP contribution is 2.27. The Morgan fingerprint density at radius 3 is 2.68 bits per heavy atom. The number of thiophene rings is 1. The van der Waals surface area contributed by atoms with Crippen molar-refractivity contribution in [2.75, 3.05) is 5.32 Å². The number of rotatable bonds is 4. The van der Waals surface area contributed by atoms with Crippen molar-refractivity contribution in [1.82, 2.24) is 4.98 Å². The molecule has 0 aliphatic heterocycles. The molecule has 0 aliphatic rings. The number of nitrogens with one attached hydrogen (secondary N) is 1. The van der Waals surface area contributed by atoms with Crippen molar-refractivity contribution >= 4 is 23.1 Å². The number of aryl methyl sites for hydroxylation is 2. The van der Waals surface area contributed by atoms with Gasteiger partial charge in [-0.15, -0.1) is 11.3 Å². The lowest BCUT2D eigenvalue weighted by atomic mass is 10.1. The highest BCUT2D eigenvalue weighted by molar-refractivity contribution is 7.12. The van der Waals surface area contributed by atoms with E-state index >= 15 is 0 Å². The Bertz CT molecular complexity index is 607. The molecular formula is C14H16N2O2S. The molecule has 19 heavy (non-hydrogen) atoms. The maximum Gasteiger partial charge on any atom is 0.339 e. The number of anilines is 1. The number of hydrogen-bond acceptors (Lipinski definition) is 4. The van der Waals surface area contributed by atoms with Crippen LogP contribution in [0.3, 0.4) is 0 Å². The minimum Gasteiger partial charge on any atom is -0.478 e. The molecule has 4 nitrogen and oxygen atoms in total. The molecule has 0 saturated heterocycles. The van der Waals surface area contributed by atoms with Gasteiger partial charge in [-0.25, -0.2) is 9.78 Å². The van der Waals surface area contributed by atoms with Gasteiger partial charge in [0.1, 0.15) is 11.4 Å². The van der Waals surface area contributed by atoms with E-state index in [0.717, 1.165) is 4.88 Å². The SMILES string of the molecule is Cc1ccc(C(C)Nc2nccc(C)c2C(=O)O)s1. The molecular weight excluding hydrogens is 260 g/mol. The summed E-state index contributed by atoms with van der Waals surface area (Å²) in [5, 5.41) is 12.4. The molecule has 0 spiro atoms. The third kappa shape index (κ3) is 2.93. The maximum absolute atomic E-state index is 11.3. The van der Waals surface area contributed by atoms with E-state index in [-0.39, 0.29) is 11.6 Å². The fourth-order valence-electron chi connectivity index (χ4n) is 1.90. The standard InChI is InChI=1S/C14H16N2O2S/c1-8-6-7-15-13(12(8)14(17)18)16-10(3)11-5-4-9(2)19-11/h4-7,10H,1-3H3,(H,15,16)(H,17,18). The first-order chi connectivity index (χ1) is 8.99. The van der Waals surface area contributed by atoms with Gasteiger partial charge in [0.15, 0.2) is 0 Å². The van der Waals surface area contributed by atoms with Crippen LogP contribution in [-0.4, -0.2) is 16.1 Å². The van der Waals surface area contributed by atoms with Crippen LogP contribution in [0.5, 0.6) is 0 Å². The van der Waals surface area contributed by atoms with E-state index < -0.39 is 5.97 Å². The lowest BCUT2D eigenvalue weighted by Gasteiger charge is -2.15. The van der Waals surface area contributed by atoms with Gasteiger partial charge >= 0.3 is 5.97 Å². The molecule has 0 aliphatic carbocycles.